The van der Waals surface area contributed by atoms with Crippen molar-refractivity contribution in [2.45, 2.75) is 18.9 Å². The topological polar surface area (TPSA) is 112 Å². The number of benzene rings is 2. The predicted octanol–water partition coefficient (Wildman–Crippen LogP) is 2.77. The van der Waals surface area contributed by atoms with Crippen molar-refractivity contribution in [1.82, 2.24) is 4.90 Å². The number of ketones is 1. The minimum Gasteiger partial charge on any atom is -0.497 e. The fourth-order valence-corrected chi connectivity index (χ4v) is 3.90. The van der Waals surface area contributed by atoms with Crippen LogP contribution in [0.1, 0.15) is 28.8 Å². The maximum absolute atomic E-state index is 12.8. The van der Waals surface area contributed by atoms with E-state index in [4.69, 9.17) is 18.9 Å². The van der Waals surface area contributed by atoms with E-state index in [2.05, 4.69) is 0 Å². The van der Waals surface area contributed by atoms with Gasteiger partial charge in [0.2, 0.25) is 5.78 Å². The number of likely N-dealkylation sites (tertiary alicyclic amines) is 1. The van der Waals surface area contributed by atoms with E-state index >= 15 is 0 Å². The summed E-state index contributed by atoms with van der Waals surface area (Å²) in [6, 6.07) is 9.06. The molecule has 0 unspecified atom stereocenters. The first-order valence-electron chi connectivity index (χ1n) is 10.4. The Morgan fingerprint density at radius 3 is 2.67 bits per heavy atom. The van der Waals surface area contributed by atoms with Crippen molar-refractivity contribution >= 4 is 23.7 Å². The number of carbonyl (C=O) groups is 3. The Balaban J connectivity index is 1.48. The Morgan fingerprint density at radius 2 is 1.94 bits per heavy atom. The molecule has 1 N–H and O–H groups in total. The molecule has 9 heteroatoms. The molecule has 0 saturated carbocycles. The van der Waals surface area contributed by atoms with Gasteiger partial charge in [0.1, 0.15) is 29.0 Å². The molecule has 0 aromatic heterocycles. The van der Waals surface area contributed by atoms with Crippen molar-refractivity contribution in [3.8, 4) is 23.0 Å². The third-order valence-electron chi connectivity index (χ3n) is 5.59. The normalized spacial score (nSPS) is 18.1. The monoisotopic (exact) mass is 453 g/mol. The molecule has 1 amide bonds. The van der Waals surface area contributed by atoms with E-state index in [-0.39, 0.29) is 18.1 Å². The minimum atomic E-state index is -1.02. The molecule has 9 nitrogen and oxygen atoms in total. The number of hydrogen-bond donors (Lipinski definition) is 1. The van der Waals surface area contributed by atoms with Gasteiger partial charge in [0.05, 0.1) is 19.8 Å². The minimum absolute atomic E-state index is 0.117. The van der Waals surface area contributed by atoms with Gasteiger partial charge in [-0.25, -0.2) is 4.79 Å². The molecule has 0 aliphatic carbocycles. The average Bonchev–Trinajstić information content (AvgIpc) is 3.43. The van der Waals surface area contributed by atoms with Crippen molar-refractivity contribution in [3.05, 3.63) is 53.3 Å². The molecule has 1 fully saturated rings. The number of amides is 1. The van der Waals surface area contributed by atoms with Crippen LogP contribution in [0, 0.1) is 0 Å². The summed E-state index contributed by atoms with van der Waals surface area (Å²) < 4.78 is 21.9. The van der Waals surface area contributed by atoms with E-state index in [1.165, 1.54) is 18.1 Å². The molecule has 4 rings (SSSR count). The number of ether oxygens (including phenoxy) is 4. The first-order valence-corrected chi connectivity index (χ1v) is 10.4. The van der Waals surface area contributed by atoms with E-state index in [9.17, 15) is 19.5 Å². The smallest absolute Gasteiger partial charge is 0.326 e. The molecular weight excluding hydrogens is 430 g/mol. The fourth-order valence-electron chi connectivity index (χ4n) is 3.90. The number of allylic oxidation sites excluding steroid dienone is 1. The number of methoxy groups -OCH3 is 2. The Morgan fingerprint density at radius 1 is 1.15 bits per heavy atom. The summed E-state index contributed by atoms with van der Waals surface area (Å²) in [6.45, 7) is 0.0864. The quantitative estimate of drug-likeness (QED) is 0.637. The Hall–Kier alpha value is -4.01. The average molecular weight is 453 g/mol. The molecule has 172 valence electrons. The highest BCUT2D eigenvalue weighted by Gasteiger charge is 2.34. The predicted molar refractivity (Wildman–Crippen MR) is 117 cm³/mol. The van der Waals surface area contributed by atoms with Crippen LogP contribution in [0.25, 0.3) is 6.08 Å². The maximum atomic E-state index is 12.8. The highest BCUT2D eigenvalue weighted by atomic mass is 16.5. The van der Waals surface area contributed by atoms with E-state index < -0.39 is 17.9 Å². The summed E-state index contributed by atoms with van der Waals surface area (Å²) in [4.78, 5) is 37.8. The second-order valence-corrected chi connectivity index (χ2v) is 7.58. The molecule has 0 bridgehead atoms. The maximum Gasteiger partial charge on any atom is 0.326 e. The zero-order valence-corrected chi connectivity index (χ0v) is 18.2. The highest BCUT2D eigenvalue weighted by Crippen LogP contribution is 2.36. The Bertz CT molecular complexity index is 1140. The lowest BCUT2D eigenvalue weighted by atomic mass is 10.1. The largest absolute Gasteiger partial charge is 0.497 e. The lowest BCUT2D eigenvalue weighted by Crippen LogP contribution is -2.42. The zero-order chi connectivity index (χ0) is 23.5. The molecule has 2 aliphatic heterocycles. The molecule has 2 aliphatic rings. The molecule has 33 heavy (non-hydrogen) atoms. The van der Waals surface area contributed by atoms with Crippen molar-refractivity contribution < 1.29 is 38.4 Å². The fraction of sp³-hybridized carbons (Fsp3) is 0.292. The zero-order valence-electron chi connectivity index (χ0n) is 18.2. The van der Waals surface area contributed by atoms with E-state index in [0.717, 1.165) is 0 Å². The van der Waals surface area contributed by atoms with Gasteiger partial charge in [-0.3, -0.25) is 9.59 Å². The molecule has 2 aromatic rings. The van der Waals surface area contributed by atoms with Crippen molar-refractivity contribution in [2.75, 3.05) is 27.4 Å². The van der Waals surface area contributed by atoms with Gasteiger partial charge in [0.15, 0.2) is 12.4 Å². The van der Waals surface area contributed by atoms with Crippen LogP contribution in [0.5, 0.6) is 23.0 Å². The number of fused-ring (bicyclic) bond motifs is 1. The highest BCUT2D eigenvalue weighted by molar-refractivity contribution is 6.14. The molecule has 0 spiro atoms. The van der Waals surface area contributed by atoms with Gasteiger partial charge in [0, 0.05) is 18.2 Å². The summed E-state index contributed by atoms with van der Waals surface area (Å²) in [5.74, 6) is 0.211. The number of carbonyl (C=O) groups excluding carboxylic acids is 2. The number of rotatable bonds is 7. The van der Waals surface area contributed by atoms with Crippen LogP contribution in [0.3, 0.4) is 0 Å². The van der Waals surface area contributed by atoms with E-state index in [1.807, 2.05) is 0 Å². The van der Waals surface area contributed by atoms with Crippen molar-refractivity contribution in [3.63, 3.8) is 0 Å². The molecule has 1 saturated heterocycles. The summed E-state index contributed by atoms with van der Waals surface area (Å²) >= 11 is 0. The first-order chi connectivity index (χ1) is 15.9. The third-order valence-corrected chi connectivity index (χ3v) is 5.59. The Kier molecular flexibility index (Phi) is 6.21. The van der Waals surface area contributed by atoms with Crippen LogP contribution < -0.4 is 18.9 Å². The second-order valence-electron chi connectivity index (χ2n) is 7.58. The van der Waals surface area contributed by atoms with Crippen LogP contribution in [-0.2, 0) is 9.59 Å². The van der Waals surface area contributed by atoms with Crippen LogP contribution in [0.2, 0.25) is 0 Å². The van der Waals surface area contributed by atoms with Gasteiger partial charge in [0.25, 0.3) is 5.91 Å². The summed E-state index contributed by atoms with van der Waals surface area (Å²) in [7, 11) is 3.07. The number of nitrogens with zero attached hydrogens (tertiary/aromatic N) is 1. The SMILES string of the molecule is COc1ccc(OC)c(/C=C2\Oc3cc(OCC(=O)N4CCC[C@H]4C(=O)O)ccc3C2=O)c1. The van der Waals surface area contributed by atoms with Crippen LogP contribution in [-0.4, -0.2) is 61.1 Å². The van der Waals surface area contributed by atoms with Crippen molar-refractivity contribution in [2.24, 2.45) is 0 Å². The van der Waals surface area contributed by atoms with E-state index in [1.54, 1.807) is 43.5 Å². The van der Waals surface area contributed by atoms with E-state index in [0.29, 0.717) is 53.5 Å². The standard InChI is InChI=1S/C24H23NO8/c1-30-15-6-8-19(31-2)14(10-15)11-21-23(27)17-7-5-16(12-20(17)33-21)32-13-22(26)25-9-3-4-18(25)24(28)29/h5-8,10-12,18H,3-4,9,13H2,1-2H3,(H,28,29)/b21-11-/t18-/m0/s1. The number of carboxylic acid groups (broad SMARTS) is 1. The number of carboxylic acids is 1. The number of aliphatic carboxylic acids is 1. The van der Waals surface area contributed by atoms with Crippen LogP contribution >= 0.6 is 0 Å². The van der Waals surface area contributed by atoms with Gasteiger partial charge in [-0.05, 0) is 49.2 Å². The third kappa shape index (κ3) is 4.48. The van der Waals surface area contributed by atoms with Gasteiger partial charge < -0.3 is 29.0 Å². The molecule has 1 atom stereocenters. The lowest BCUT2D eigenvalue weighted by molar-refractivity contribution is -0.148. The molecule has 2 heterocycles. The van der Waals surface area contributed by atoms with Gasteiger partial charge in [-0.1, -0.05) is 0 Å². The van der Waals surface area contributed by atoms with Gasteiger partial charge >= 0.3 is 5.97 Å². The summed E-state index contributed by atoms with van der Waals surface area (Å²) in [5, 5.41) is 9.24. The Labute approximate surface area is 190 Å². The van der Waals surface area contributed by atoms with Gasteiger partial charge in [-0.2, -0.15) is 0 Å². The molecule has 0 radical (unpaired) electrons. The van der Waals surface area contributed by atoms with Crippen LogP contribution in [0.15, 0.2) is 42.2 Å². The summed E-state index contributed by atoms with van der Waals surface area (Å²) in [6.07, 6.45) is 2.65. The first kappa shape index (κ1) is 22.2. The summed E-state index contributed by atoms with van der Waals surface area (Å²) in [5.41, 5.74) is 0.987. The second kappa shape index (κ2) is 9.23. The lowest BCUT2D eigenvalue weighted by Gasteiger charge is -2.21. The molecule has 2 aromatic carbocycles. The molecular formula is C24H23NO8. The van der Waals surface area contributed by atoms with Crippen molar-refractivity contribution in [1.29, 1.82) is 0 Å². The number of Topliss-reactive ketones (excluding diaryl/α,β-unsaturated/α-hetero) is 1. The van der Waals surface area contributed by atoms with Crippen LogP contribution in [0.4, 0.5) is 0 Å². The number of hydrogen-bond acceptors (Lipinski definition) is 7. The van der Waals surface area contributed by atoms with Gasteiger partial charge in [-0.15, -0.1) is 0 Å².